The second kappa shape index (κ2) is 11.0. The van der Waals surface area contributed by atoms with Crippen LogP contribution in [0.4, 0.5) is 4.79 Å². The van der Waals surface area contributed by atoms with Crippen molar-refractivity contribution in [1.82, 2.24) is 15.5 Å². The first-order chi connectivity index (χ1) is 16.4. The summed E-state index contributed by atoms with van der Waals surface area (Å²) in [5.41, 5.74) is 1.19. The highest BCUT2D eigenvalue weighted by atomic mass is 79.9. The van der Waals surface area contributed by atoms with Crippen LogP contribution in [0, 0.1) is 5.92 Å². The van der Waals surface area contributed by atoms with Crippen LogP contribution in [0.15, 0.2) is 33.4 Å². The van der Waals surface area contributed by atoms with E-state index in [1.807, 2.05) is 43.0 Å². The Hall–Kier alpha value is -2.55. The molecule has 0 saturated carbocycles. The molecular weight excluding hydrogens is 514 g/mol. The monoisotopic (exact) mass is 549 g/mol. The third kappa shape index (κ3) is 6.78. The summed E-state index contributed by atoms with van der Waals surface area (Å²) in [4.78, 5) is 40.4. The number of benzene rings is 1. The van der Waals surface area contributed by atoms with Gasteiger partial charge >= 0.3 is 6.09 Å². The Labute approximate surface area is 215 Å². The number of rotatable bonds is 7. The van der Waals surface area contributed by atoms with Gasteiger partial charge in [-0.2, -0.15) is 0 Å². The second-order valence-corrected chi connectivity index (χ2v) is 11.2. The largest absolute Gasteiger partial charge is 0.449 e. The summed E-state index contributed by atoms with van der Waals surface area (Å²) in [7, 11) is 0. The Bertz CT molecular complexity index is 1070. The Morgan fingerprint density at radius 3 is 2.51 bits per heavy atom. The molecule has 35 heavy (non-hydrogen) atoms. The minimum Gasteiger partial charge on any atom is -0.449 e. The Balaban J connectivity index is 1.69. The van der Waals surface area contributed by atoms with Crippen LogP contribution in [0.3, 0.4) is 0 Å². The van der Waals surface area contributed by atoms with Gasteiger partial charge in [-0.15, -0.1) is 0 Å². The molecule has 1 aromatic carbocycles. The number of amides is 3. The zero-order chi connectivity index (χ0) is 25.9. The maximum Gasteiger partial charge on any atom is 0.408 e. The molecule has 3 amide bonds. The van der Waals surface area contributed by atoms with Crippen LogP contribution in [0.2, 0.25) is 0 Å². The van der Waals surface area contributed by atoms with E-state index in [0.29, 0.717) is 17.6 Å². The summed E-state index contributed by atoms with van der Waals surface area (Å²) in [6, 6.07) is 6.32. The third-order valence-corrected chi connectivity index (χ3v) is 6.75. The number of ether oxygens (including phenoxy) is 1. The summed E-state index contributed by atoms with van der Waals surface area (Å²) >= 11 is 3.54. The molecule has 2 heterocycles. The van der Waals surface area contributed by atoms with Crippen molar-refractivity contribution in [3.05, 3.63) is 34.5 Å². The quantitative estimate of drug-likeness (QED) is 0.517. The molecule has 192 valence electrons. The summed E-state index contributed by atoms with van der Waals surface area (Å²) in [5.74, 6) is -0.658. The second-order valence-electron chi connectivity index (χ2n) is 10.5. The van der Waals surface area contributed by atoms with E-state index in [1.54, 1.807) is 27.7 Å². The number of fused-ring (bicyclic) bond motifs is 1. The molecule has 2 N–H and O–H groups in total. The fourth-order valence-corrected chi connectivity index (χ4v) is 4.90. The molecule has 8 nitrogen and oxygen atoms in total. The van der Waals surface area contributed by atoms with Crippen LogP contribution in [-0.4, -0.2) is 53.1 Å². The molecule has 3 atom stereocenters. The zero-order valence-corrected chi connectivity index (χ0v) is 22.9. The fourth-order valence-electron chi connectivity index (χ4n) is 4.35. The Morgan fingerprint density at radius 1 is 1.17 bits per heavy atom. The molecule has 1 fully saturated rings. The van der Waals surface area contributed by atoms with Crippen molar-refractivity contribution in [3.8, 4) is 0 Å². The van der Waals surface area contributed by atoms with Crippen molar-refractivity contribution in [2.45, 2.75) is 84.5 Å². The van der Waals surface area contributed by atoms with Gasteiger partial charge in [0.05, 0.1) is 0 Å². The van der Waals surface area contributed by atoms with Crippen LogP contribution in [0.25, 0.3) is 11.0 Å². The number of likely N-dealkylation sites (tertiary alicyclic amines) is 1. The number of nitrogens with one attached hydrogen (secondary N) is 2. The van der Waals surface area contributed by atoms with Crippen molar-refractivity contribution in [3.63, 3.8) is 0 Å². The maximum absolute atomic E-state index is 13.6. The zero-order valence-electron chi connectivity index (χ0n) is 21.3. The molecule has 1 aliphatic rings. The van der Waals surface area contributed by atoms with Gasteiger partial charge in [0.2, 0.25) is 11.8 Å². The number of para-hydroxylation sites is 1. The molecule has 0 bridgehead atoms. The first kappa shape index (κ1) is 27.0. The van der Waals surface area contributed by atoms with Crippen molar-refractivity contribution in [1.29, 1.82) is 0 Å². The lowest BCUT2D eigenvalue weighted by atomic mass is 9.99. The Morgan fingerprint density at radius 2 is 1.86 bits per heavy atom. The number of carbonyl (C=O) groups is 3. The van der Waals surface area contributed by atoms with E-state index in [2.05, 4.69) is 26.6 Å². The van der Waals surface area contributed by atoms with Gasteiger partial charge in [0, 0.05) is 23.5 Å². The Kier molecular flexibility index (Phi) is 8.51. The number of carbonyl (C=O) groups excluding carboxylic acids is 3. The maximum atomic E-state index is 13.6. The van der Waals surface area contributed by atoms with E-state index >= 15 is 0 Å². The van der Waals surface area contributed by atoms with Gasteiger partial charge in [-0.05, 0) is 74.9 Å². The van der Waals surface area contributed by atoms with Crippen molar-refractivity contribution in [2.75, 3.05) is 6.54 Å². The van der Waals surface area contributed by atoms with Gasteiger partial charge in [-0.3, -0.25) is 9.59 Å². The highest BCUT2D eigenvalue weighted by molar-refractivity contribution is 9.10. The van der Waals surface area contributed by atoms with E-state index in [-0.39, 0.29) is 17.9 Å². The fraction of sp³-hybridized carbons (Fsp3) is 0.577. The summed E-state index contributed by atoms with van der Waals surface area (Å²) in [6.45, 7) is 11.3. The minimum absolute atomic E-state index is 0.00951. The number of halogens is 1. The molecule has 1 saturated heterocycles. The molecule has 0 aliphatic carbocycles. The molecule has 1 aliphatic heterocycles. The number of alkyl carbamates (subject to hydrolysis) is 1. The predicted molar refractivity (Wildman–Crippen MR) is 138 cm³/mol. The van der Waals surface area contributed by atoms with E-state index in [1.165, 1.54) is 0 Å². The van der Waals surface area contributed by atoms with Crippen molar-refractivity contribution < 1.29 is 23.5 Å². The van der Waals surface area contributed by atoms with Gasteiger partial charge in [0.25, 0.3) is 0 Å². The molecule has 0 unspecified atom stereocenters. The average molecular weight is 550 g/mol. The summed E-state index contributed by atoms with van der Waals surface area (Å²) in [5, 5.41) is 6.43. The normalized spacial score (nSPS) is 17.9. The number of furan rings is 1. The van der Waals surface area contributed by atoms with Gasteiger partial charge in [-0.1, -0.05) is 32.0 Å². The molecule has 9 heteroatoms. The van der Waals surface area contributed by atoms with Crippen LogP contribution < -0.4 is 10.6 Å². The van der Waals surface area contributed by atoms with Gasteiger partial charge in [0.15, 0.2) is 4.67 Å². The molecular formula is C26H36BrN3O5. The van der Waals surface area contributed by atoms with E-state index in [4.69, 9.17) is 9.15 Å². The van der Waals surface area contributed by atoms with Gasteiger partial charge in [0.1, 0.15) is 23.3 Å². The number of hydrogen-bond acceptors (Lipinski definition) is 5. The topological polar surface area (TPSA) is 101 Å². The first-order valence-electron chi connectivity index (χ1n) is 12.1. The van der Waals surface area contributed by atoms with Crippen molar-refractivity contribution >= 4 is 44.8 Å². The molecule has 0 spiro atoms. The smallest absolute Gasteiger partial charge is 0.408 e. The number of nitrogens with zero attached hydrogens (tertiary/aromatic N) is 1. The minimum atomic E-state index is -0.846. The molecule has 1 aromatic heterocycles. The highest BCUT2D eigenvalue weighted by Gasteiger charge is 2.37. The summed E-state index contributed by atoms with van der Waals surface area (Å²) in [6.07, 6.45) is 1.77. The SMILES string of the molecule is CC(C)[C@H](NC(=O)[C@H](C)NC(=O)OC(C)(C)C)C(=O)N1CCC[C@H]1Cc1c(Br)oc2ccccc12. The van der Waals surface area contributed by atoms with E-state index in [9.17, 15) is 14.4 Å². The van der Waals surface area contributed by atoms with Gasteiger partial charge < -0.3 is 24.7 Å². The van der Waals surface area contributed by atoms with Crippen molar-refractivity contribution in [2.24, 2.45) is 5.92 Å². The van der Waals surface area contributed by atoms with E-state index < -0.39 is 29.7 Å². The lowest BCUT2D eigenvalue weighted by molar-refractivity contribution is -0.138. The lowest BCUT2D eigenvalue weighted by Crippen LogP contribution is -2.56. The number of hydrogen-bond donors (Lipinski definition) is 2. The van der Waals surface area contributed by atoms with Crippen LogP contribution in [-0.2, 0) is 20.7 Å². The molecule has 3 rings (SSSR count). The standard InChI is InChI=1S/C26H36BrN3O5/c1-15(2)21(29-23(31)16(3)28-25(33)35-26(4,5)6)24(32)30-13-9-10-17(30)14-19-18-11-7-8-12-20(18)34-22(19)27/h7-8,11-12,15-17,21H,9-10,13-14H2,1-6H3,(H,28,33)(H,29,31)/t16-,17-,21-/m0/s1. The highest BCUT2D eigenvalue weighted by Crippen LogP contribution is 2.33. The van der Waals surface area contributed by atoms with Crippen LogP contribution >= 0.6 is 15.9 Å². The first-order valence-corrected chi connectivity index (χ1v) is 12.9. The average Bonchev–Trinajstić information content (AvgIpc) is 3.34. The molecule has 2 aromatic rings. The lowest BCUT2D eigenvalue weighted by Gasteiger charge is -2.32. The van der Waals surface area contributed by atoms with Gasteiger partial charge in [-0.25, -0.2) is 4.79 Å². The summed E-state index contributed by atoms with van der Waals surface area (Å²) < 4.78 is 11.8. The molecule has 0 radical (unpaired) electrons. The van der Waals surface area contributed by atoms with Crippen LogP contribution in [0.5, 0.6) is 0 Å². The van der Waals surface area contributed by atoms with E-state index in [0.717, 1.165) is 29.4 Å². The third-order valence-electron chi connectivity index (χ3n) is 6.11. The predicted octanol–water partition coefficient (Wildman–Crippen LogP) is 4.78. The van der Waals surface area contributed by atoms with Crippen LogP contribution in [0.1, 0.15) is 59.9 Å².